The van der Waals surface area contributed by atoms with Crippen LogP contribution in [0, 0.1) is 5.92 Å². The second-order valence-corrected chi connectivity index (χ2v) is 6.56. The van der Waals surface area contributed by atoms with E-state index in [4.69, 9.17) is 4.74 Å². The molecule has 2 amide bonds. The van der Waals surface area contributed by atoms with Crippen molar-refractivity contribution in [3.8, 4) is 0 Å². The predicted octanol–water partition coefficient (Wildman–Crippen LogP) is 3.38. The molecule has 1 aromatic heterocycles. The largest absolute Gasteiger partial charge is 0.461 e. The highest BCUT2D eigenvalue weighted by molar-refractivity contribution is 5.93. The maximum atomic E-state index is 12.7. The molecule has 126 valence electrons. The summed E-state index contributed by atoms with van der Waals surface area (Å²) in [7, 11) is 0. The molecule has 6 nitrogen and oxygen atoms in total. The third-order valence-corrected chi connectivity index (χ3v) is 5.01. The first-order valence-corrected chi connectivity index (χ1v) is 8.55. The number of hydrogen-bond donors (Lipinski definition) is 2. The molecular weight excluding hydrogens is 294 g/mol. The molecule has 3 atom stereocenters. The Morgan fingerprint density at radius 1 is 1.39 bits per heavy atom. The summed E-state index contributed by atoms with van der Waals surface area (Å²) in [5.74, 6) is 0.237. The summed E-state index contributed by atoms with van der Waals surface area (Å²) in [6.07, 6.45) is 7.54. The molecule has 3 unspecified atom stereocenters. The molecule has 23 heavy (non-hydrogen) atoms. The van der Waals surface area contributed by atoms with E-state index in [2.05, 4.69) is 17.2 Å². The summed E-state index contributed by atoms with van der Waals surface area (Å²) >= 11 is 0. The van der Waals surface area contributed by atoms with Crippen LogP contribution in [0.2, 0.25) is 0 Å². The minimum atomic E-state index is -0.408. The standard InChI is InChI=1S/C17H25N3O3/c1-3-23-16(21)14-9-13(10-18-14)19-17(22)20-11(2)8-12-6-4-5-7-15(12)20/h9-12,15,18H,3-8H2,1-2H3,(H,19,22). The number of amides is 2. The number of carbonyl (C=O) groups excluding carboxylic acids is 2. The summed E-state index contributed by atoms with van der Waals surface area (Å²) in [6.45, 7) is 4.21. The molecule has 2 heterocycles. The van der Waals surface area contributed by atoms with Gasteiger partial charge in [-0.05, 0) is 45.1 Å². The summed E-state index contributed by atoms with van der Waals surface area (Å²) < 4.78 is 4.94. The van der Waals surface area contributed by atoms with Crippen LogP contribution in [-0.2, 0) is 4.74 Å². The minimum absolute atomic E-state index is 0.0682. The van der Waals surface area contributed by atoms with E-state index in [-0.39, 0.29) is 12.1 Å². The highest BCUT2D eigenvalue weighted by Gasteiger charge is 2.42. The minimum Gasteiger partial charge on any atom is -0.461 e. The molecule has 1 saturated carbocycles. The third kappa shape index (κ3) is 3.21. The van der Waals surface area contributed by atoms with Crippen LogP contribution in [0.15, 0.2) is 12.3 Å². The van der Waals surface area contributed by atoms with E-state index in [1.807, 2.05) is 4.90 Å². The Bertz CT molecular complexity index is 583. The Labute approximate surface area is 136 Å². The molecule has 2 fully saturated rings. The third-order valence-electron chi connectivity index (χ3n) is 5.01. The topological polar surface area (TPSA) is 74.4 Å². The normalized spacial score (nSPS) is 26.7. The Morgan fingerprint density at radius 2 is 2.17 bits per heavy atom. The average molecular weight is 319 g/mol. The van der Waals surface area contributed by atoms with E-state index in [0.29, 0.717) is 29.9 Å². The van der Waals surface area contributed by atoms with Crippen LogP contribution in [0.5, 0.6) is 0 Å². The highest BCUT2D eigenvalue weighted by atomic mass is 16.5. The number of rotatable bonds is 3. The van der Waals surface area contributed by atoms with Crippen molar-refractivity contribution in [3.63, 3.8) is 0 Å². The number of likely N-dealkylation sites (tertiary alicyclic amines) is 1. The number of H-pyrrole nitrogens is 1. The molecule has 1 saturated heterocycles. The zero-order valence-corrected chi connectivity index (χ0v) is 13.8. The van der Waals surface area contributed by atoms with E-state index in [0.717, 1.165) is 12.8 Å². The Balaban J connectivity index is 1.66. The number of carbonyl (C=O) groups is 2. The first kappa shape index (κ1) is 15.9. The maximum Gasteiger partial charge on any atom is 0.354 e. The lowest BCUT2D eigenvalue weighted by Gasteiger charge is -2.33. The SMILES string of the molecule is CCOC(=O)c1cc(NC(=O)N2C(C)CC3CCCCC32)c[nH]1. The Kier molecular flexibility index (Phi) is 4.59. The summed E-state index contributed by atoms with van der Waals surface area (Å²) in [5.41, 5.74) is 0.955. The molecule has 1 aliphatic carbocycles. The molecule has 1 aromatic rings. The zero-order valence-electron chi connectivity index (χ0n) is 13.8. The molecule has 0 bridgehead atoms. The number of nitrogens with one attached hydrogen (secondary N) is 2. The second kappa shape index (κ2) is 6.64. The monoisotopic (exact) mass is 319 g/mol. The van der Waals surface area contributed by atoms with E-state index >= 15 is 0 Å². The van der Waals surface area contributed by atoms with Crippen LogP contribution in [0.25, 0.3) is 0 Å². The molecule has 3 rings (SSSR count). The van der Waals surface area contributed by atoms with Crippen LogP contribution in [0.3, 0.4) is 0 Å². The Morgan fingerprint density at radius 3 is 2.96 bits per heavy atom. The van der Waals surface area contributed by atoms with Crippen LogP contribution in [0.4, 0.5) is 10.5 Å². The van der Waals surface area contributed by atoms with Crippen LogP contribution < -0.4 is 5.32 Å². The average Bonchev–Trinajstić information content (AvgIpc) is 3.10. The van der Waals surface area contributed by atoms with Crippen LogP contribution >= 0.6 is 0 Å². The lowest BCUT2D eigenvalue weighted by molar-refractivity contribution is 0.0520. The van der Waals surface area contributed by atoms with Crippen molar-refractivity contribution in [2.24, 2.45) is 5.92 Å². The van der Waals surface area contributed by atoms with Gasteiger partial charge < -0.3 is 19.9 Å². The van der Waals surface area contributed by atoms with Crippen molar-refractivity contribution in [1.29, 1.82) is 0 Å². The number of anilines is 1. The first-order chi connectivity index (χ1) is 11.1. The molecular formula is C17H25N3O3. The van der Waals surface area contributed by atoms with Crippen LogP contribution in [-0.4, -0.2) is 40.6 Å². The fraction of sp³-hybridized carbons (Fsp3) is 0.647. The van der Waals surface area contributed by atoms with Gasteiger partial charge in [0.15, 0.2) is 0 Å². The maximum absolute atomic E-state index is 12.7. The van der Waals surface area contributed by atoms with Gasteiger partial charge in [-0.1, -0.05) is 12.8 Å². The fourth-order valence-electron chi connectivity index (χ4n) is 4.04. The number of aromatic nitrogens is 1. The van der Waals surface area contributed by atoms with Gasteiger partial charge in [0.1, 0.15) is 5.69 Å². The number of urea groups is 1. The number of esters is 1. The number of fused-ring (bicyclic) bond motifs is 1. The van der Waals surface area contributed by atoms with E-state index in [1.54, 1.807) is 19.2 Å². The van der Waals surface area contributed by atoms with Crippen molar-refractivity contribution in [1.82, 2.24) is 9.88 Å². The van der Waals surface area contributed by atoms with Gasteiger partial charge in [-0.25, -0.2) is 9.59 Å². The van der Waals surface area contributed by atoms with E-state index < -0.39 is 5.97 Å². The van der Waals surface area contributed by atoms with Gasteiger partial charge >= 0.3 is 12.0 Å². The van der Waals surface area contributed by atoms with Gasteiger partial charge in [0.25, 0.3) is 0 Å². The molecule has 1 aliphatic heterocycles. The van der Waals surface area contributed by atoms with Gasteiger partial charge in [-0.15, -0.1) is 0 Å². The first-order valence-electron chi connectivity index (χ1n) is 8.55. The summed E-state index contributed by atoms with van der Waals surface area (Å²) in [6, 6.07) is 2.18. The van der Waals surface area contributed by atoms with Gasteiger partial charge in [0.05, 0.1) is 12.3 Å². The fourth-order valence-corrected chi connectivity index (χ4v) is 4.04. The molecule has 0 radical (unpaired) electrons. The lowest BCUT2D eigenvalue weighted by atomic mass is 9.85. The number of aromatic amines is 1. The predicted molar refractivity (Wildman–Crippen MR) is 87.4 cm³/mol. The molecule has 6 heteroatoms. The van der Waals surface area contributed by atoms with Crippen molar-refractivity contribution >= 4 is 17.7 Å². The quantitative estimate of drug-likeness (QED) is 0.839. The van der Waals surface area contributed by atoms with Gasteiger partial charge in [0.2, 0.25) is 0 Å². The van der Waals surface area contributed by atoms with Crippen molar-refractivity contribution in [2.75, 3.05) is 11.9 Å². The zero-order chi connectivity index (χ0) is 16.4. The number of hydrogen-bond acceptors (Lipinski definition) is 3. The van der Waals surface area contributed by atoms with Crippen molar-refractivity contribution in [3.05, 3.63) is 18.0 Å². The van der Waals surface area contributed by atoms with Gasteiger partial charge in [-0.3, -0.25) is 0 Å². The summed E-state index contributed by atoms with van der Waals surface area (Å²) in [4.78, 5) is 29.2. The van der Waals surface area contributed by atoms with Crippen molar-refractivity contribution in [2.45, 2.75) is 58.0 Å². The second-order valence-electron chi connectivity index (χ2n) is 6.56. The van der Waals surface area contributed by atoms with Gasteiger partial charge in [-0.2, -0.15) is 0 Å². The van der Waals surface area contributed by atoms with Gasteiger partial charge in [0, 0.05) is 18.3 Å². The summed E-state index contributed by atoms with van der Waals surface area (Å²) in [5, 5.41) is 2.91. The molecule has 0 aromatic carbocycles. The number of ether oxygens (including phenoxy) is 1. The smallest absolute Gasteiger partial charge is 0.354 e. The lowest BCUT2D eigenvalue weighted by Crippen LogP contribution is -2.44. The van der Waals surface area contributed by atoms with Crippen molar-refractivity contribution < 1.29 is 14.3 Å². The number of nitrogens with zero attached hydrogens (tertiary/aromatic N) is 1. The van der Waals surface area contributed by atoms with E-state index in [9.17, 15) is 9.59 Å². The van der Waals surface area contributed by atoms with E-state index in [1.165, 1.54) is 19.3 Å². The Hall–Kier alpha value is -1.98. The van der Waals surface area contributed by atoms with Crippen LogP contribution in [0.1, 0.15) is 56.4 Å². The molecule has 2 aliphatic rings. The molecule has 0 spiro atoms. The highest BCUT2D eigenvalue weighted by Crippen LogP contribution is 2.39. The molecule has 2 N–H and O–H groups in total.